The van der Waals surface area contributed by atoms with Crippen LogP contribution in [0.3, 0.4) is 0 Å². The topological polar surface area (TPSA) is 94.5 Å². The molecule has 0 aliphatic heterocycles. The van der Waals surface area contributed by atoms with E-state index in [1.807, 2.05) is 0 Å². The van der Waals surface area contributed by atoms with Crippen LogP contribution in [0.15, 0.2) is 36.4 Å². The van der Waals surface area contributed by atoms with Crippen LogP contribution in [-0.2, 0) is 16.0 Å². The van der Waals surface area contributed by atoms with Crippen molar-refractivity contribution in [1.29, 1.82) is 0 Å². The van der Waals surface area contributed by atoms with Crippen LogP contribution in [0, 0.1) is 0 Å². The van der Waals surface area contributed by atoms with Crippen molar-refractivity contribution in [3.63, 3.8) is 0 Å². The van der Waals surface area contributed by atoms with E-state index in [9.17, 15) is 15.0 Å². The summed E-state index contributed by atoms with van der Waals surface area (Å²) in [7, 11) is 4.39. The van der Waals surface area contributed by atoms with Crippen LogP contribution in [0.5, 0.6) is 28.7 Å². The number of phenols is 2. The lowest BCUT2D eigenvalue weighted by molar-refractivity contribution is -0.137. The van der Waals surface area contributed by atoms with Gasteiger partial charge >= 0.3 is 5.97 Å². The molecule has 0 bridgehead atoms. The zero-order valence-electron chi connectivity index (χ0n) is 16.1. The number of ether oxygens (including phenoxy) is 4. The van der Waals surface area contributed by atoms with Gasteiger partial charge in [0.2, 0.25) is 5.75 Å². The van der Waals surface area contributed by atoms with Crippen molar-refractivity contribution in [3.8, 4) is 28.7 Å². The smallest absolute Gasteiger partial charge is 0.330 e. The number of aryl methyl sites for hydroxylation is 1. The van der Waals surface area contributed by atoms with Gasteiger partial charge in [-0.2, -0.15) is 0 Å². The first-order valence-electron chi connectivity index (χ1n) is 8.64. The lowest BCUT2D eigenvalue weighted by Crippen LogP contribution is -2.03. The van der Waals surface area contributed by atoms with Gasteiger partial charge in [-0.15, -0.1) is 0 Å². The highest BCUT2D eigenvalue weighted by Crippen LogP contribution is 2.37. The summed E-state index contributed by atoms with van der Waals surface area (Å²) >= 11 is 0. The van der Waals surface area contributed by atoms with E-state index in [0.717, 1.165) is 5.56 Å². The van der Waals surface area contributed by atoms with E-state index in [1.165, 1.54) is 33.5 Å². The molecule has 0 heterocycles. The summed E-state index contributed by atoms with van der Waals surface area (Å²) in [4.78, 5) is 11.8. The monoisotopic (exact) mass is 388 g/mol. The van der Waals surface area contributed by atoms with Gasteiger partial charge in [0.25, 0.3) is 0 Å². The molecule has 2 aromatic carbocycles. The summed E-state index contributed by atoms with van der Waals surface area (Å²) in [6.07, 6.45) is 4.13. The van der Waals surface area contributed by atoms with Gasteiger partial charge in [-0.3, -0.25) is 0 Å². The van der Waals surface area contributed by atoms with Crippen LogP contribution < -0.4 is 14.2 Å². The molecular formula is C21H24O7. The molecule has 0 aliphatic carbocycles. The molecule has 0 aromatic heterocycles. The Labute approximate surface area is 163 Å². The summed E-state index contributed by atoms with van der Waals surface area (Å²) in [6, 6.07) is 8.21. The lowest BCUT2D eigenvalue weighted by atomic mass is 10.1. The molecule has 7 nitrogen and oxygen atoms in total. The minimum Gasteiger partial charge on any atom is -0.504 e. The van der Waals surface area contributed by atoms with Gasteiger partial charge in [-0.05, 0) is 54.3 Å². The van der Waals surface area contributed by atoms with E-state index in [0.29, 0.717) is 35.7 Å². The zero-order valence-corrected chi connectivity index (χ0v) is 16.1. The number of carbonyl (C=O) groups excluding carboxylic acids is 1. The van der Waals surface area contributed by atoms with Crippen molar-refractivity contribution >= 4 is 12.0 Å². The lowest BCUT2D eigenvalue weighted by Gasteiger charge is -2.11. The first kappa shape index (κ1) is 21.0. The Morgan fingerprint density at radius 2 is 1.61 bits per heavy atom. The Hall–Kier alpha value is -3.35. The van der Waals surface area contributed by atoms with Gasteiger partial charge in [0, 0.05) is 6.08 Å². The summed E-state index contributed by atoms with van der Waals surface area (Å²) in [5.41, 5.74) is 1.60. The second-order valence-electron chi connectivity index (χ2n) is 5.88. The molecule has 0 aliphatic rings. The maximum absolute atomic E-state index is 11.8. The number of aromatic hydroxyl groups is 2. The van der Waals surface area contributed by atoms with E-state index in [-0.39, 0.29) is 18.1 Å². The number of hydrogen-bond acceptors (Lipinski definition) is 7. The summed E-state index contributed by atoms with van der Waals surface area (Å²) in [6.45, 7) is 0.244. The van der Waals surface area contributed by atoms with Crippen LogP contribution >= 0.6 is 0 Å². The van der Waals surface area contributed by atoms with Gasteiger partial charge < -0.3 is 29.2 Å². The van der Waals surface area contributed by atoms with E-state index >= 15 is 0 Å². The highest BCUT2D eigenvalue weighted by molar-refractivity contribution is 5.87. The maximum atomic E-state index is 11.8. The second kappa shape index (κ2) is 10.1. The Kier molecular flexibility index (Phi) is 7.56. The van der Waals surface area contributed by atoms with Crippen LogP contribution in [0.1, 0.15) is 17.5 Å². The van der Waals surface area contributed by atoms with E-state index < -0.39 is 5.97 Å². The number of hydrogen-bond donors (Lipinski definition) is 2. The summed E-state index contributed by atoms with van der Waals surface area (Å²) < 4.78 is 20.4. The van der Waals surface area contributed by atoms with Gasteiger partial charge in [0.05, 0.1) is 27.9 Å². The van der Waals surface area contributed by atoms with Crippen LogP contribution in [0.25, 0.3) is 6.08 Å². The molecule has 0 saturated heterocycles. The van der Waals surface area contributed by atoms with Crippen LogP contribution in [-0.4, -0.2) is 44.1 Å². The molecular weight excluding hydrogens is 364 g/mol. The Bertz CT molecular complexity index is 818. The molecule has 2 aromatic rings. The zero-order chi connectivity index (χ0) is 20.5. The molecule has 0 fully saturated rings. The molecule has 7 heteroatoms. The molecule has 150 valence electrons. The number of carbonyl (C=O) groups is 1. The van der Waals surface area contributed by atoms with Crippen molar-refractivity contribution in [3.05, 3.63) is 47.5 Å². The fourth-order valence-corrected chi connectivity index (χ4v) is 2.55. The number of esters is 1. The Morgan fingerprint density at radius 1 is 0.964 bits per heavy atom. The highest BCUT2D eigenvalue weighted by Gasteiger charge is 2.11. The van der Waals surface area contributed by atoms with E-state index in [1.54, 1.807) is 30.3 Å². The molecule has 0 radical (unpaired) electrons. The third kappa shape index (κ3) is 5.57. The number of benzene rings is 2. The van der Waals surface area contributed by atoms with Gasteiger partial charge in [-0.1, -0.05) is 6.07 Å². The van der Waals surface area contributed by atoms with Crippen LogP contribution in [0.4, 0.5) is 0 Å². The Balaban J connectivity index is 1.84. The number of phenolic OH excluding ortho intramolecular Hbond substituents is 2. The highest BCUT2D eigenvalue weighted by atomic mass is 16.5. The molecule has 0 spiro atoms. The summed E-state index contributed by atoms with van der Waals surface area (Å²) in [5.74, 6) is 0.515. The van der Waals surface area contributed by atoms with E-state index in [4.69, 9.17) is 18.9 Å². The molecule has 28 heavy (non-hydrogen) atoms. The fraction of sp³-hybridized carbons (Fsp3) is 0.286. The molecule has 0 saturated carbocycles. The standard InChI is InChI=1S/C21H24O7/c1-25-17-11-14(6-8-16(17)22)7-9-20(23)28-10-4-5-15-12-18(26-2)21(24)19(13-15)27-3/h6-9,11-13,22,24H,4-5,10H2,1-3H3. The maximum Gasteiger partial charge on any atom is 0.330 e. The van der Waals surface area contributed by atoms with Crippen LogP contribution in [0.2, 0.25) is 0 Å². The number of methoxy groups -OCH3 is 3. The normalized spacial score (nSPS) is 10.7. The molecule has 0 unspecified atom stereocenters. The first-order valence-corrected chi connectivity index (χ1v) is 8.64. The van der Waals surface area contributed by atoms with Crippen molar-refractivity contribution < 1.29 is 34.0 Å². The molecule has 2 N–H and O–H groups in total. The molecule has 0 atom stereocenters. The van der Waals surface area contributed by atoms with Crippen molar-refractivity contribution in [2.45, 2.75) is 12.8 Å². The number of rotatable bonds is 9. The fourth-order valence-electron chi connectivity index (χ4n) is 2.55. The quantitative estimate of drug-likeness (QED) is 0.387. The van der Waals surface area contributed by atoms with Gasteiger partial charge in [0.1, 0.15) is 0 Å². The average Bonchev–Trinajstić information content (AvgIpc) is 2.71. The minimum atomic E-state index is -0.465. The van der Waals surface area contributed by atoms with Crippen molar-refractivity contribution in [2.24, 2.45) is 0 Å². The van der Waals surface area contributed by atoms with Gasteiger partial charge in [0.15, 0.2) is 23.0 Å². The third-order valence-corrected chi connectivity index (χ3v) is 4.01. The molecule has 0 amide bonds. The third-order valence-electron chi connectivity index (χ3n) is 4.01. The largest absolute Gasteiger partial charge is 0.504 e. The van der Waals surface area contributed by atoms with Gasteiger partial charge in [-0.25, -0.2) is 4.79 Å². The average molecular weight is 388 g/mol. The van der Waals surface area contributed by atoms with Crippen molar-refractivity contribution in [1.82, 2.24) is 0 Å². The van der Waals surface area contributed by atoms with Crippen molar-refractivity contribution in [2.75, 3.05) is 27.9 Å². The minimum absolute atomic E-state index is 0.0321. The Morgan fingerprint density at radius 3 is 2.21 bits per heavy atom. The SMILES string of the molecule is COc1cc(C=CC(=O)OCCCc2cc(OC)c(O)c(OC)c2)ccc1O. The predicted octanol–water partition coefficient (Wildman–Crippen LogP) is 3.31. The summed E-state index contributed by atoms with van der Waals surface area (Å²) in [5, 5.41) is 19.5. The van der Waals surface area contributed by atoms with E-state index in [2.05, 4.69) is 0 Å². The second-order valence-corrected chi connectivity index (χ2v) is 5.88. The molecule has 2 rings (SSSR count). The predicted molar refractivity (Wildman–Crippen MR) is 104 cm³/mol. The first-order chi connectivity index (χ1) is 13.5.